The molecule has 8 heteroatoms. The van der Waals surface area contributed by atoms with E-state index in [1.54, 1.807) is 22.6 Å². The summed E-state index contributed by atoms with van der Waals surface area (Å²) in [6, 6.07) is 0. The second-order valence-corrected chi connectivity index (χ2v) is 4.94. The van der Waals surface area contributed by atoms with Gasteiger partial charge in [0.1, 0.15) is 6.10 Å². The van der Waals surface area contributed by atoms with Gasteiger partial charge in [-0.05, 0) is 22.6 Å². The first-order valence-electron chi connectivity index (χ1n) is 4.98. The van der Waals surface area contributed by atoms with Gasteiger partial charge in [-0.25, -0.2) is 4.79 Å². The summed E-state index contributed by atoms with van der Waals surface area (Å²) in [5, 5.41) is 18.7. The van der Waals surface area contributed by atoms with Crippen molar-refractivity contribution < 1.29 is 14.9 Å². The molecule has 0 spiro atoms. The predicted molar refractivity (Wildman–Crippen MR) is 65.7 cm³/mol. The van der Waals surface area contributed by atoms with Gasteiger partial charge in [-0.2, -0.15) is 0 Å². The van der Waals surface area contributed by atoms with Crippen LogP contribution in [0.25, 0.3) is 0 Å². The van der Waals surface area contributed by atoms with Crippen molar-refractivity contribution in [2.45, 2.75) is 24.9 Å². The number of rotatable bonds is 2. The molecule has 1 fully saturated rings. The summed E-state index contributed by atoms with van der Waals surface area (Å²) in [4.78, 5) is 24.9. The van der Waals surface area contributed by atoms with Crippen LogP contribution in [0.15, 0.2) is 15.8 Å². The number of aliphatic hydroxyl groups is 2. The van der Waals surface area contributed by atoms with Crippen molar-refractivity contribution in [2.75, 3.05) is 6.61 Å². The molecule has 1 aliphatic rings. The molecule has 17 heavy (non-hydrogen) atoms. The fraction of sp³-hybridized carbons (Fsp3) is 0.556. The van der Waals surface area contributed by atoms with Crippen LogP contribution in [0, 0.1) is 3.57 Å². The van der Waals surface area contributed by atoms with Crippen molar-refractivity contribution in [2.24, 2.45) is 0 Å². The Labute approximate surface area is 109 Å². The molecule has 0 unspecified atom stereocenters. The van der Waals surface area contributed by atoms with Crippen LogP contribution in [0.5, 0.6) is 0 Å². The van der Waals surface area contributed by atoms with Gasteiger partial charge < -0.3 is 14.9 Å². The maximum atomic E-state index is 11.6. The highest BCUT2D eigenvalue weighted by Crippen LogP contribution is 2.27. The number of nitrogens with zero attached hydrogens (tertiary/aromatic N) is 1. The van der Waals surface area contributed by atoms with Crippen molar-refractivity contribution >= 4 is 22.6 Å². The maximum absolute atomic E-state index is 11.6. The van der Waals surface area contributed by atoms with Gasteiger partial charge in [0, 0.05) is 12.6 Å². The first-order valence-corrected chi connectivity index (χ1v) is 6.06. The fourth-order valence-electron chi connectivity index (χ4n) is 1.75. The molecule has 2 heterocycles. The number of aromatic amines is 1. The molecule has 0 aromatic carbocycles. The van der Waals surface area contributed by atoms with E-state index in [0.29, 0.717) is 3.57 Å². The number of halogens is 1. The van der Waals surface area contributed by atoms with E-state index in [0.717, 1.165) is 4.57 Å². The van der Waals surface area contributed by atoms with Gasteiger partial charge in [0.2, 0.25) is 0 Å². The highest BCUT2D eigenvalue weighted by atomic mass is 127. The van der Waals surface area contributed by atoms with Crippen LogP contribution in [0.4, 0.5) is 0 Å². The standard InChI is InChI=1S/C9H11IN2O5/c10-5-2-12(9(16)11-7(5)15)8-6(14)1-4(3-13)17-8/h2,4,6,8,13-14H,1,3H2,(H,11,15,16)/t4-,6-,8+/m0/s1. The predicted octanol–water partition coefficient (Wildman–Crippen LogP) is -1.22. The zero-order valence-electron chi connectivity index (χ0n) is 8.67. The first-order chi connectivity index (χ1) is 8.02. The molecule has 1 aliphatic heterocycles. The third-order valence-corrected chi connectivity index (χ3v) is 3.34. The average Bonchev–Trinajstić information content (AvgIpc) is 2.65. The number of aromatic nitrogens is 2. The van der Waals surface area contributed by atoms with E-state index in [2.05, 4.69) is 4.98 Å². The minimum atomic E-state index is -0.883. The van der Waals surface area contributed by atoms with Crippen LogP contribution >= 0.6 is 22.6 Å². The van der Waals surface area contributed by atoms with E-state index >= 15 is 0 Å². The van der Waals surface area contributed by atoms with Gasteiger partial charge in [-0.1, -0.05) is 0 Å². The van der Waals surface area contributed by atoms with E-state index in [4.69, 9.17) is 9.84 Å². The lowest BCUT2D eigenvalue weighted by molar-refractivity contribution is -0.0531. The lowest BCUT2D eigenvalue weighted by Crippen LogP contribution is -2.36. The van der Waals surface area contributed by atoms with E-state index < -0.39 is 29.7 Å². The summed E-state index contributed by atoms with van der Waals surface area (Å²) >= 11 is 1.78. The van der Waals surface area contributed by atoms with Gasteiger partial charge in [-0.3, -0.25) is 14.3 Å². The van der Waals surface area contributed by atoms with Gasteiger partial charge in [0.05, 0.1) is 16.3 Å². The minimum Gasteiger partial charge on any atom is -0.394 e. The number of ether oxygens (including phenoxy) is 1. The molecule has 0 amide bonds. The van der Waals surface area contributed by atoms with E-state index in [-0.39, 0.29) is 13.0 Å². The highest BCUT2D eigenvalue weighted by Gasteiger charge is 2.35. The molecule has 94 valence electrons. The van der Waals surface area contributed by atoms with Gasteiger partial charge >= 0.3 is 5.69 Å². The molecule has 1 aromatic rings. The summed E-state index contributed by atoms with van der Waals surface area (Å²) in [6.45, 7) is -0.219. The van der Waals surface area contributed by atoms with Crippen LogP contribution < -0.4 is 11.2 Å². The van der Waals surface area contributed by atoms with Gasteiger partial charge in [0.15, 0.2) is 6.23 Å². The maximum Gasteiger partial charge on any atom is 0.330 e. The topological polar surface area (TPSA) is 105 Å². The first kappa shape index (κ1) is 12.7. The lowest BCUT2D eigenvalue weighted by atomic mass is 10.2. The quantitative estimate of drug-likeness (QED) is 0.578. The van der Waals surface area contributed by atoms with Crippen LogP contribution in [0.1, 0.15) is 12.6 Å². The second kappa shape index (κ2) is 4.88. The molecular weight excluding hydrogens is 343 g/mol. The van der Waals surface area contributed by atoms with Crippen LogP contribution in [0.2, 0.25) is 0 Å². The normalized spacial score (nSPS) is 28.5. The molecular formula is C9H11IN2O5. The zero-order chi connectivity index (χ0) is 12.6. The van der Waals surface area contributed by atoms with E-state index in [1.165, 1.54) is 6.20 Å². The second-order valence-electron chi connectivity index (χ2n) is 3.78. The Hall–Kier alpha value is -0.710. The van der Waals surface area contributed by atoms with Gasteiger partial charge in [0.25, 0.3) is 5.56 Å². The molecule has 0 bridgehead atoms. The minimum absolute atomic E-state index is 0.219. The van der Waals surface area contributed by atoms with Crippen molar-refractivity contribution in [1.82, 2.24) is 9.55 Å². The highest BCUT2D eigenvalue weighted by molar-refractivity contribution is 14.1. The number of nitrogens with one attached hydrogen (secondary N) is 1. The van der Waals surface area contributed by atoms with Crippen LogP contribution in [-0.2, 0) is 4.74 Å². The van der Waals surface area contributed by atoms with Crippen LogP contribution in [0.3, 0.4) is 0 Å². The third-order valence-electron chi connectivity index (χ3n) is 2.57. The number of hydrogen-bond acceptors (Lipinski definition) is 5. The number of aliphatic hydroxyl groups excluding tert-OH is 2. The van der Waals surface area contributed by atoms with Crippen LogP contribution in [-0.4, -0.2) is 38.6 Å². The van der Waals surface area contributed by atoms with Crippen molar-refractivity contribution in [1.29, 1.82) is 0 Å². The van der Waals surface area contributed by atoms with Crippen molar-refractivity contribution in [3.63, 3.8) is 0 Å². The van der Waals surface area contributed by atoms with Gasteiger partial charge in [-0.15, -0.1) is 0 Å². The molecule has 1 aromatic heterocycles. The summed E-state index contributed by atoms with van der Waals surface area (Å²) in [6.07, 6.45) is -0.665. The summed E-state index contributed by atoms with van der Waals surface area (Å²) in [7, 11) is 0. The zero-order valence-corrected chi connectivity index (χ0v) is 10.8. The molecule has 0 aliphatic carbocycles. The molecule has 0 radical (unpaired) electrons. The summed E-state index contributed by atoms with van der Waals surface area (Å²) in [5.41, 5.74) is -1.11. The Morgan fingerprint density at radius 3 is 2.88 bits per heavy atom. The Morgan fingerprint density at radius 2 is 2.29 bits per heavy atom. The molecule has 0 saturated carbocycles. The Morgan fingerprint density at radius 1 is 1.59 bits per heavy atom. The average molecular weight is 354 g/mol. The number of hydrogen-bond donors (Lipinski definition) is 3. The van der Waals surface area contributed by atoms with E-state index in [1.807, 2.05) is 0 Å². The smallest absolute Gasteiger partial charge is 0.330 e. The Bertz CT molecular complexity index is 525. The Kier molecular flexibility index (Phi) is 3.66. The Balaban J connectivity index is 2.38. The molecule has 7 nitrogen and oxygen atoms in total. The third kappa shape index (κ3) is 2.44. The van der Waals surface area contributed by atoms with Crippen molar-refractivity contribution in [3.8, 4) is 0 Å². The van der Waals surface area contributed by atoms with Crippen molar-refractivity contribution in [3.05, 3.63) is 30.6 Å². The van der Waals surface area contributed by atoms with E-state index in [9.17, 15) is 14.7 Å². The largest absolute Gasteiger partial charge is 0.394 e. The number of H-pyrrole nitrogens is 1. The molecule has 3 N–H and O–H groups in total. The molecule has 1 saturated heterocycles. The summed E-state index contributed by atoms with van der Waals surface area (Å²) < 4.78 is 6.78. The monoisotopic (exact) mass is 354 g/mol. The molecule has 3 atom stereocenters. The fourth-order valence-corrected chi connectivity index (χ4v) is 2.18. The SMILES string of the molecule is O=c1[nH]c(=O)n([C@@H]2O[C@H](CO)C[C@@H]2O)cc1I. The molecule has 2 rings (SSSR count). The summed E-state index contributed by atoms with van der Waals surface area (Å²) in [5.74, 6) is 0. The lowest BCUT2D eigenvalue weighted by Gasteiger charge is -2.17.